The number of hydrogen-bond acceptors (Lipinski definition) is 2. The topological polar surface area (TPSA) is 46.2 Å². The molecule has 1 atom stereocenters. The van der Waals surface area contributed by atoms with Gasteiger partial charge >= 0.3 is 0 Å². The highest BCUT2D eigenvalue weighted by Gasteiger charge is 1.69. The molecule has 5 heavy (non-hydrogen) atoms. The Morgan fingerprint density at radius 3 is 2.60 bits per heavy atom. The Morgan fingerprint density at radius 1 is 2.00 bits per heavy atom. The summed E-state index contributed by atoms with van der Waals surface area (Å²) in [5, 5.41) is 8.35. The number of nitrogens with two attached hydrogens (primary N) is 1. The molecule has 0 saturated carbocycles. The first kappa shape index (κ1) is 1.58. The molecule has 0 amide bonds. The Hall–Kier alpha value is -0.0800. The smallest absolute Gasteiger partial charge is 0.0564 e. The summed E-state index contributed by atoms with van der Waals surface area (Å²) in [5.41, 5.74) is 4.87. The summed E-state index contributed by atoms with van der Waals surface area (Å²) in [4.78, 5) is 0. The van der Waals surface area contributed by atoms with E-state index in [1.807, 2.05) is 0 Å². The molecule has 0 aromatic rings. The Kier molecular flexibility index (Phi) is 1.24. The highest BCUT2D eigenvalue weighted by molar-refractivity contribution is 4.28. The van der Waals surface area contributed by atoms with Gasteiger partial charge in [0.25, 0.3) is 0 Å². The number of rotatable bonds is 2. The number of aliphatic hydroxyl groups is 1. The predicted molar refractivity (Wildman–Crippen MR) is 20.8 cm³/mol. The minimum absolute atomic E-state index is 0.163. The van der Waals surface area contributed by atoms with Gasteiger partial charge in [0.2, 0.25) is 0 Å². The Labute approximate surface area is 35.8 Å². The van der Waals surface area contributed by atoms with Gasteiger partial charge < -0.3 is 10.8 Å². The maximum absolute atomic E-state index is 8.35. The van der Waals surface area contributed by atoms with E-state index >= 15 is 0 Å². The molecule has 0 heterocycles. The van der Waals surface area contributed by atoms with Crippen molar-refractivity contribution >= 4 is 0 Å². The second-order valence-electron chi connectivity index (χ2n) is 0.569. The molecule has 0 aromatic heterocycles. The largest absolute Gasteiger partial charge is 0.396 e. The van der Waals surface area contributed by atoms with Crippen LogP contribution in [-0.4, -0.2) is 18.2 Å². The van der Waals surface area contributed by atoms with Crippen LogP contribution in [0.4, 0.5) is 0 Å². The molecule has 0 aromatic carbocycles. The van der Waals surface area contributed by atoms with Crippen LogP contribution in [0.1, 0.15) is 10.5 Å². The lowest BCUT2D eigenvalue weighted by Gasteiger charge is -1.80. The minimum Gasteiger partial charge on any atom is -0.396 e. The average Bonchev–Trinajstić information content (AvgIpc) is 1.62. The van der Waals surface area contributed by atoms with E-state index < -0.39 is 13.0 Å². The van der Waals surface area contributed by atoms with Crippen molar-refractivity contribution < 1.29 is 9.22 Å². The summed E-state index contributed by atoms with van der Waals surface area (Å²) >= 11 is 0. The predicted octanol–water partition coefficient (Wildman–Crippen LogP) is -0.672. The van der Waals surface area contributed by atoms with Crippen LogP contribution in [0.2, 0.25) is 0 Å². The van der Waals surface area contributed by atoms with E-state index in [0.717, 1.165) is 0 Å². The molecule has 2 heteroatoms. The van der Waals surface area contributed by atoms with Crippen LogP contribution in [0.25, 0.3) is 0 Å². The van der Waals surface area contributed by atoms with Crippen LogP contribution in [0.5, 0.6) is 0 Å². The van der Waals surface area contributed by atoms with Crippen molar-refractivity contribution in [2.24, 2.45) is 5.73 Å². The summed E-state index contributed by atoms with van der Waals surface area (Å²) in [7, 11) is 0. The van der Waals surface area contributed by atoms with Gasteiger partial charge in [0.15, 0.2) is 0 Å². The normalized spacial score (nSPS) is 26.4. The standard InChI is InChI=1S/C3H9NO/c4-2-1-3-5/h5H,1-4H2/i1D,3D2. The lowest BCUT2D eigenvalue weighted by atomic mass is 10.5. The fourth-order valence-corrected chi connectivity index (χ4v) is 0.0527. The van der Waals surface area contributed by atoms with Gasteiger partial charge in [-0.3, -0.25) is 0 Å². The molecular weight excluding hydrogens is 66.0 g/mol. The maximum Gasteiger partial charge on any atom is 0.0564 e. The van der Waals surface area contributed by atoms with Crippen molar-refractivity contribution in [1.82, 2.24) is 0 Å². The zero-order valence-electron chi connectivity index (χ0n) is 5.81. The first-order valence-corrected chi connectivity index (χ1v) is 1.33. The van der Waals surface area contributed by atoms with Gasteiger partial charge in [-0.25, -0.2) is 0 Å². The van der Waals surface area contributed by atoms with Crippen LogP contribution in [0.15, 0.2) is 0 Å². The summed E-state index contributed by atoms with van der Waals surface area (Å²) < 4.78 is 19.7. The molecule has 0 spiro atoms. The van der Waals surface area contributed by atoms with Crippen molar-refractivity contribution in [3.63, 3.8) is 0 Å². The minimum atomic E-state index is -2.45. The van der Waals surface area contributed by atoms with E-state index in [2.05, 4.69) is 0 Å². The summed E-state index contributed by atoms with van der Waals surface area (Å²) in [6.45, 7) is -2.61. The van der Waals surface area contributed by atoms with E-state index in [1.165, 1.54) is 0 Å². The highest BCUT2D eigenvalue weighted by atomic mass is 16.2. The van der Waals surface area contributed by atoms with Crippen LogP contribution in [0, 0.1) is 0 Å². The van der Waals surface area contributed by atoms with Crippen LogP contribution < -0.4 is 5.73 Å². The molecule has 0 saturated heterocycles. The molecule has 0 fully saturated rings. The maximum atomic E-state index is 8.35. The van der Waals surface area contributed by atoms with Gasteiger partial charge in [-0.1, -0.05) is 0 Å². The van der Waals surface area contributed by atoms with Crippen molar-refractivity contribution in [1.29, 1.82) is 0 Å². The second-order valence-corrected chi connectivity index (χ2v) is 0.569. The molecule has 1 unspecified atom stereocenters. The molecule has 3 N–H and O–H groups in total. The molecule has 0 aliphatic heterocycles. The first-order valence-electron chi connectivity index (χ1n) is 2.91. The van der Waals surface area contributed by atoms with Gasteiger partial charge in [0.1, 0.15) is 0 Å². The fourth-order valence-electron chi connectivity index (χ4n) is 0.0527. The van der Waals surface area contributed by atoms with Gasteiger partial charge in [0.05, 0.1) is 2.74 Å². The highest BCUT2D eigenvalue weighted by Crippen LogP contribution is 1.62. The Bertz CT molecular complexity index is 71.4. The zero-order chi connectivity index (χ0) is 6.78. The van der Waals surface area contributed by atoms with E-state index in [9.17, 15) is 0 Å². The molecule has 0 aliphatic carbocycles. The van der Waals surface area contributed by atoms with Crippen LogP contribution in [0.3, 0.4) is 0 Å². The zero-order valence-corrected chi connectivity index (χ0v) is 2.81. The first-order chi connectivity index (χ1) is 3.48. The van der Waals surface area contributed by atoms with Crippen LogP contribution in [-0.2, 0) is 0 Å². The SMILES string of the molecule is [2H]C(CN)C([2H])([2H])O. The van der Waals surface area contributed by atoms with Gasteiger partial charge in [-0.05, 0) is 12.9 Å². The van der Waals surface area contributed by atoms with E-state index in [4.69, 9.17) is 15.0 Å². The molecule has 0 rings (SSSR count). The molecular formula is C3H9NO. The number of hydrogen-bond donors (Lipinski definition) is 2. The molecule has 2 nitrogen and oxygen atoms in total. The van der Waals surface area contributed by atoms with Crippen LogP contribution >= 0.6 is 0 Å². The average molecular weight is 78.1 g/mol. The summed E-state index contributed by atoms with van der Waals surface area (Å²) in [5.74, 6) is 0. The Morgan fingerprint density at radius 2 is 2.60 bits per heavy atom. The molecule has 0 bridgehead atoms. The summed E-state index contributed by atoms with van der Waals surface area (Å²) in [6, 6.07) is 0. The third-order valence-electron chi connectivity index (χ3n) is 0.209. The lowest BCUT2D eigenvalue weighted by Crippen LogP contribution is -1.99. The molecule has 32 valence electrons. The van der Waals surface area contributed by atoms with E-state index in [0.29, 0.717) is 0 Å². The molecule has 0 radical (unpaired) electrons. The lowest BCUT2D eigenvalue weighted by molar-refractivity contribution is 0.291. The van der Waals surface area contributed by atoms with E-state index in [-0.39, 0.29) is 6.54 Å². The van der Waals surface area contributed by atoms with Gasteiger partial charge in [-0.15, -0.1) is 0 Å². The van der Waals surface area contributed by atoms with Gasteiger partial charge in [0, 0.05) is 7.93 Å². The second kappa shape index (κ2) is 3.92. The van der Waals surface area contributed by atoms with Crippen molar-refractivity contribution in [2.75, 3.05) is 13.1 Å². The van der Waals surface area contributed by atoms with E-state index in [1.54, 1.807) is 0 Å². The Balaban J connectivity index is 3.62. The fraction of sp³-hybridized carbons (Fsp3) is 1.00. The van der Waals surface area contributed by atoms with Crippen molar-refractivity contribution in [3.8, 4) is 0 Å². The third-order valence-corrected chi connectivity index (χ3v) is 0.209. The van der Waals surface area contributed by atoms with Crippen molar-refractivity contribution in [2.45, 2.75) is 6.40 Å². The van der Waals surface area contributed by atoms with Crippen molar-refractivity contribution in [3.05, 3.63) is 0 Å². The quantitative estimate of drug-likeness (QED) is 0.460. The monoisotopic (exact) mass is 78.1 g/mol. The summed E-state index contributed by atoms with van der Waals surface area (Å²) in [6.07, 6.45) is -1.23. The molecule has 0 aliphatic rings. The third kappa shape index (κ3) is 3.92. The van der Waals surface area contributed by atoms with Gasteiger partial charge in [-0.2, -0.15) is 0 Å².